The number of hydrogen-bond acceptors (Lipinski definition) is 2. The molecular weight excluding hydrogens is 150 g/mol. The quantitative estimate of drug-likeness (QED) is 0.670. The van der Waals surface area contributed by atoms with Gasteiger partial charge >= 0.3 is 0 Å². The SMILES string of the molecule is CCCc1cc2ncccn2n1. The number of rotatable bonds is 2. The van der Waals surface area contributed by atoms with E-state index in [2.05, 4.69) is 17.0 Å². The highest BCUT2D eigenvalue weighted by Crippen LogP contribution is 2.04. The number of aryl methyl sites for hydroxylation is 1. The van der Waals surface area contributed by atoms with Gasteiger partial charge in [-0.25, -0.2) is 9.50 Å². The van der Waals surface area contributed by atoms with Crippen molar-refractivity contribution in [1.29, 1.82) is 0 Å². The highest BCUT2D eigenvalue weighted by atomic mass is 15.2. The minimum absolute atomic E-state index is 0.931. The fraction of sp³-hybridized carbons (Fsp3) is 0.333. The molecule has 0 saturated heterocycles. The van der Waals surface area contributed by atoms with Crippen molar-refractivity contribution in [3.63, 3.8) is 0 Å². The van der Waals surface area contributed by atoms with Crippen LogP contribution in [0.1, 0.15) is 19.0 Å². The lowest BCUT2D eigenvalue weighted by atomic mass is 10.2. The third-order valence-electron chi connectivity index (χ3n) is 1.79. The third kappa shape index (κ3) is 1.18. The Hall–Kier alpha value is -1.38. The van der Waals surface area contributed by atoms with Crippen LogP contribution >= 0.6 is 0 Å². The Morgan fingerprint density at radius 1 is 1.50 bits per heavy atom. The fourth-order valence-corrected chi connectivity index (χ4v) is 1.26. The molecule has 62 valence electrons. The van der Waals surface area contributed by atoms with Crippen LogP contribution in [-0.4, -0.2) is 14.6 Å². The second-order valence-electron chi connectivity index (χ2n) is 2.81. The number of nitrogens with zero attached hydrogens (tertiary/aromatic N) is 3. The molecule has 0 aromatic carbocycles. The van der Waals surface area contributed by atoms with E-state index in [1.54, 1.807) is 6.20 Å². The van der Waals surface area contributed by atoms with E-state index in [0.29, 0.717) is 0 Å². The van der Waals surface area contributed by atoms with Crippen molar-refractivity contribution in [3.05, 3.63) is 30.2 Å². The van der Waals surface area contributed by atoms with Crippen molar-refractivity contribution in [2.45, 2.75) is 19.8 Å². The van der Waals surface area contributed by atoms with Crippen molar-refractivity contribution in [3.8, 4) is 0 Å². The summed E-state index contributed by atoms with van der Waals surface area (Å²) in [6.07, 6.45) is 5.86. The number of aromatic nitrogens is 3. The van der Waals surface area contributed by atoms with Gasteiger partial charge in [0.15, 0.2) is 5.65 Å². The summed E-state index contributed by atoms with van der Waals surface area (Å²) in [5.41, 5.74) is 2.05. The lowest BCUT2D eigenvalue weighted by molar-refractivity contribution is 0.833. The summed E-state index contributed by atoms with van der Waals surface area (Å²) in [7, 11) is 0. The zero-order chi connectivity index (χ0) is 8.39. The molecule has 3 heteroatoms. The lowest BCUT2D eigenvalue weighted by Gasteiger charge is -1.87. The van der Waals surface area contributed by atoms with Crippen LogP contribution in [0.25, 0.3) is 5.65 Å². The first kappa shape index (κ1) is 7.28. The summed E-state index contributed by atoms with van der Waals surface area (Å²) in [5.74, 6) is 0. The van der Waals surface area contributed by atoms with Crippen molar-refractivity contribution >= 4 is 5.65 Å². The zero-order valence-electron chi connectivity index (χ0n) is 7.07. The van der Waals surface area contributed by atoms with E-state index in [-0.39, 0.29) is 0 Å². The monoisotopic (exact) mass is 161 g/mol. The van der Waals surface area contributed by atoms with Gasteiger partial charge in [0.25, 0.3) is 0 Å². The Morgan fingerprint density at radius 3 is 3.17 bits per heavy atom. The standard InChI is InChI=1S/C9H11N3/c1-2-4-8-7-9-10-5-3-6-12(9)11-8/h3,5-7H,2,4H2,1H3. The predicted octanol–water partition coefficient (Wildman–Crippen LogP) is 1.68. The Kier molecular flexibility index (Phi) is 1.78. The van der Waals surface area contributed by atoms with Crippen LogP contribution in [0.3, 0.4) is 0 Å². The third-order valence-corrected chi connectivity index (χ3v) is 1.79. The maximum absolute atomic E-state index is 4.36. The molecule has 0 aliphatic carbocycles. The molecule has 0 aliphatic rings. The average Bonchev–Trinajstić information content (AvgIpc) is 2.47. The van der Waals surface area contributed by atoms with E-state index in [4.69, 9.17) is 0 Å². The Balaban J connectivity index is 2.47. The molecule has 0 radical (unpaired) electrons. The van der Waals surface area contributed by atoms with Crippen molar-refractivity contribution < 1.29 is 0 Å². The van der Waals surface area contributed by atoms with Gasteiger partial charge in [0.1, 0.15) is 0 Å². The van der Waals surface area contributed by atoms with Crippen LogP contribution in [0.4, 0.5) is 0 Å². The molecular formula is C9H11N3. The molecule has 0 fully saturated rings. The van der Waals surface area contributed by atoms with E-state index in [1.165, 1.54) is 0 Å². The molecule has 0 atom stereocenters. The molecule has 0 bridgehead atoms. The van der Waals surface area contributed by atoms with Gasteiger partial charge in [-0.1, -0.05) is 13.3 Å². The maximum Gasteiger partial charge on any atom is 0.155 e. The first-order chi connectivity index (χ1) is 5.90. The summed E-state index contributed by atoms with van der Waals surface area (Å²) >= 11 is 0. The normalized spacial score (nSPS) is 10.8. The van der Waals surface area contributed by atoms with Crippen molar-refractivity contribution in [2.75, 3.05) is 0 Å². The van der Waals surface area contributed by atoms with Gasteiger partial charge in [-0.05, 0) is 12.5 Å². The molecule has 0 amide bonds. The van der Waals surface area contributed by atoms with Gasteiger partial charge in [-0.3, -0.25) is 0 Å². The van der Waals surface area contributed by atoms with Gasteiger partial charge < -0.3 is 0 Å². The molecule has 0 aliphatic heterocycles. The predicted molar refractivity (Wildman–Crippen MR) is 47.0 cm³/mol. The minimum Gasteiger partial charge on any atom is -0.237 e. The van der Waals surface area contributed by atoms with Gasteiger partial charge in [0, 0.05) is 18.5 Å². The van der Waals surface area contributed by atoms with Crippen LogP contribution in [0, 0.1) is 0 Å². The zero-order valence-corrected chi connectivity index (χ0v) is 7.07. The summed E-state index contributed by atoms with van der Waals surface area (Å²) < 4.78 is 1.81. The Bertz CT molecular complexity index is 345. The van der Waals surface area contributed by atoms with E-state index in [9.17, 15) is 0 Å². The van der Waals surface area contributed by atoms with E-state index in [0.717, 1.165) is 24.2 Å². The Labute approximate surface area is 71.1 Å². The molecule has 2 aromatic heterocycles. The molecule has 3 nitrogen and oxygen atoms in total. The topological polar surface area (TPSA) is 30.2 Å². The van der Waals surface area contributed by atoms with E-state index < -0.39 is 0 Å². The van der Waals surface area contributed by atoms with Gasteiger partial charge in [-0.2, -0.15) is 5.10 Å². The van der Waals surface area contributed by atoms with Crippen molar-refractivity contribution in [2.24, 2.45) is 0 Å². The molecule has 0 unspecified atom stereocenters. The lowest BCUT2D eigenvalue weighted by Crippen LogP contribution is -1.88. The second-order valence-corrected chi connectivity index (χ2v) is 2.81. The average molecular weight is 161 g/mol. The highest BCUT2D eigenvalue weighted by Gasteiger charge is 1.98. The summed E-state index contributed by atoms with van der Waals surface area (Å²) in [6, 6.07) is 3.92. The second kappa shape index (κ2) is 2.93. The molecule has 0 N–H and O–H groups in total. The van der Waals surface area contributed by atoms with Crippen LogP contribution in [-0.2, 0) is 6.42 Å². The molecule has 12 heavy (non-hydrogen) atoms. The molecule has 2 rings (SSSR count). The summed E-state index contributed by atoms with van der Waals surface area (Å²) in [6.45, 7) is 2.15. The van der Waals surface area contributed by atoms with Gasteiger partial charge in [0.2, 0.25) is 0 Å². The first-order valence-corrected chi connectivity index (χ1v) is 4.19. The number of fused-ring (bicyclic) bond motifs is 1. The van der Waals surface area contributed by atoms with Crippen LogP contribution < -0.4 is 0 Å². The summed E-state index contributed by atoms with van der Waals surface area (Å²) in [4.78, 5) is 4.18. The minimum atomic E-state index is 0.931. The van der Waals surface area contributed by atoms with Gasteiger partial charge in [-0.15, -0.1) is 0 Å². The van der Waals surface area contributed by atoms with Gasteiger partial charge in [0.05, 0.1) is 5.69 Å². The smallest absolute Gasteiger partial charge is 0.155 e. The van der Waals surface area contributed by atoms with E-state index >= 15 is 0 Å². The Morgan fingerprint density at radius 2 is 2.42 bits per heavy atom. The van der Waals surface area contributed by atoms with Crippen LogP contribution in [0.5, 0.6) is 0 Å². The van der Waals surface area contributed by atoms with Crippen LogP contribution in [0.15, 0.2) is 24.5 Å². The maximum atomic E-state index is 4.36. The molecule has 2 aromatic rings. The van der Waals surface area contributed by atoms with Crippen LogP contribution in [0.2, 0.25) is 0 Å². The summed E-state index contributed by atoms with van der Waals surface area (Å²) in [5, 5.41) is 4.36. The van der Waals surface area contributed by atoms with E-state index in [1.807, 2.05) is 22.8 Å². The fourth-order valence-electron chi connectivity index (χ4n) is 1.26. The molecule has 0 saturated carbocycles. The van der Waals surface area contributed by atoms with Crippen molar-refractivity contribution in [1.82, 2.24) is 14.6 Å². The first-order valence-electron chi connectivity index (χ1n) is 4.19. The number of hydrogen-bond donors (Lipinski definition) is 0. The highest BCUT2D eigenvalue weighted by molar-refractivity contribution is 5.38. The molecule has 2 heterocycles. The largest absolute Gasteiger partial charge is 0.237 e. The molecule has 0 spiro atoms.